The first kappa shape index (κ1) is 28.6. The van der Waals surface area contributed by atoms with Crippen LogP contribution >= 0.6 is 23.2 Å². The standard InChI is InChI=1S/C30H33Cl2N5O2/c1-17-13-25(34)22(27(35)37-28(38)19-6-8-20-5-3-4-11-30(20,2)16-19)15-26(17)36-29(39)21(10-12-33)18-7-9-23(31)24(32)14-18/h3-9,11,14-17,20-21H,10,12-13,33-34H2,1-2H3,(H,36,39)(H2,35,37,38). The number of carbonyl (C=O) groups excluding carboxylic acids is 2. The third kappa shape index (κ3) is 6.27. The molecule has 0 fully saturated rings. The Bertz CT molecular complexity index is 1400. The number of halogens is 2. The van der Waals surface area contributed by atoms with Crippen LogP contribution in [0.1, 0.15) is 38.2 Å². The van der Waals surface area contributed by atoms with Crippen molar-refractivity contribution in [3.8, 4) is 0 Å². The summed E-state index contributed by atoms with van der Waals surface area (Å²) in [5, 5.41) is 3.79. The molecule has 0 heterocycles. The molecule has 0 spiro atoms. The Hall–Kier alpha value is -3.39. The molecular formula is C30H33Cl2N5O2. The maximum atomic E-state index is 13.4. The molecule has 4 rings (SSSR count). The van der Waals surface area contributed by atoms with Gasteiger partial charge < -0.3 is 22.5 Å². The molecule has 0 aliphatic heterocycles. The second-order valence-electron chi connectivity index (χ2n) is 10.3. The molecule has 3 aliphatic carbocycles. The first-order valence-electron chi connectivity index (χ1n) is 12.8. The zero-order valence-electron chi connectivity index (χ0n) is 22.0. The maximum absolute atomic E-state index is 13.4. The first-order chi connectivity index (χ1) is 18.5. The van der Waals surface area contributed by atoms with E-state index in [4.69, 9.17) is 40.4 Å². The van der Waals surface area contributed by atoms with Crippen LogP contribution in [0.4, 0.5) is 0 Å². The first-order valence-corrected chi connectivity index (χ1v) is 13.6. The van der Waals surface area contributed by atoms with Crippen molar-refractivity contribution in [2.45, 2.75) is 32.6 Å². The van der Waals surface area contributed by atoms with Crippen LogP contribution in [0, 0.1) is 17.3 Å². The molecular weight excluding hydrogens is 533 g/mol. The van der Waals surface area contributed by atoms with Gasteiger partial charge in [-0.15, -0.1) is 0 Å². The Labute approximate surface area is 238 Å². The van der Waals surface area contributed by atoms with Crippen molar-refractivity contribution in [1.29, 1.82) is 0 Å². The van der Waals surface area contributed by atoms with E-state index in [1.54, 1.807) is 30.4 Å². The third-order valence-corrected chi connectivity index (χ3v) is 8.12. The highest BCUT2D eigenvalue weighted by molar-refractivity contribution is 6.42. The van der Waals surface area contributed by atoms with Crippen molar-refractivity contribution in [1.82, 2.24) is 5.32 Å². The average Bonchev–Trinajstić information content (AvgIpc) is 2.89. The molecule has 1 aromatic rings. The van der Waals surface area contributed by atoms with Crippen LogP contribution in [0.5, 0.6) is 0 Å². The molecule has 0 radical (unpaired) electrons. The number of hydrogen-bond donors (Lipinski definition) is 4. The van der Waals surface area contributed by atoms with E-state index in [0.29, 0.717) is 57.5 Å². The Morgan fingerprint density at radius 3 is 2.69 bits per heavy atom. The molecule has 4 atom stereocenters. The number of hydrogen-bond acceptors (Lipinski definition) is 4. The van der Waals surface area contributed by atoms with Gasteiger partial charge in [-0.25, -0.2) is 0 Å². The fourth-order valence-corrected chi connectivity index (χ4v) is 5.36. The molecule has 2 amide bonds. The predicted octanol–water partition coefficient (Wildman–Crippen LogP) is 4.81. The van der Waals surface area contributed by atoms with Gasteiger partial charge in [-0.05, 0) is 43.2 Å². The lowest BCUT2D eigenvalue weighted by molar-refractivity contribution is -0.122. The van der Waals surface area contributed by atoms with Gasteiger partial charge >= 0.3 is 0 Å². The van der Waals surface area contributed by atoms with Crippen LogP contribution in [0.3, 0.4) is 0 Å². The summed E-state index contributed by atoms with van der Waals surface area (Å²) in [6.07, 6.45) is 16.4. The van der Waals surface area contributed by atoms with Crippen molar-refractivity contribution >= 4 is 40.9 Å². The summed E-state index contributed by atoms with van der Waals surface area (Å²) < 4.78 is 0. The molecule has 7 N–H and O–H groups in total. The molecule has 7 nitrogen and oxygen atoms in total. The van der Waals surface area contributed by atoms with E-state index in [-0.39, 0.29) is 29.0 Å². The zero-order chi connectivity index (χ0) is 28.3. The van der Waals surface area contributed by atoms with Crippen molar-refractivity contribution < 1.29 is 9.59 Å². The topological polar surface area (TPSA) is 137 Å². The predicted molar refractivity (Wildman–Crippen MR) is 158 cm³/mol. The SMILES string of the molecule is CC1CC(N)=C(C(N)=NC(=O)C2=CC3(C)C=CC=CC3C=C2)C=C1NC(=O)C(CCN)c1ccc(Cl)c(Cl)c1. The Morgan fingerprint density at radius 2 is 1.97 bits per heavy atom. The zero-order valence-corrected chi connectivity index (χ0v) is 23.5. The summed E-state index contributed by atoms with van der Waals surface area (Å²) in [6.45, 7) is 4.33. The largest absolute Gasteiger partial charge is 0.401 e. The number of allylic oxidation sites excluding steroid dienone is 8. The second-order valence-corrected chi connectivity index (χ2v) is 11.1. The molecule has 3 aliphatic rings. The van der Waals surface area contributed by atoms with Crippen molar-refractivity contribution in [3.05, 3.63) is 105 Å². The van der Waals surface area contributed by atoms with Crippen molar-refractivity contribution in [2.75, 3.05) is 6.54 Å². The molecule has 0 bridgehead atoms. The van der Waals surface area contributed by atoms with Gasteiger partial charge in [0.25, 0.3) is 5.91 Å². The van der Waals surface area contributed by atoms with E-state index in [0.717, 1.165) is 0 Å². The van der Waals surface area contributed by atoms with Gasteiger partial charge in [0.15, 0.2) is 0 Å². The van der Waals surface area contributed by atoms with Crippen LogP contribution in [0.25, 0.3) is 0 Å². The van der Waals surface area contributed by atoms with E-state index in [2.05, 4.69) is 29.4 Å². The highest BCUT2D eigenvalue weighted by atomic mass is 35.5. The molecule has 4 unspecified atom stereocenters. The molecule has 39 heavy (non-hydrogen) atoms. The number of nitrogens with one attached hydrogen (secondary N) is 1. The number of nitrogens with zero attached hydrogens (tertiary/aromatic N) is 1. The number of aliphatic imine (C=N–C) groups is 1. The molecule has 0 saturated carbocycles. The van der Waals surface area contributed by atoms with Crippen LogP contribution in [-0.4, -0.2) is 24.2 Å². The highest BCUT2D eigenvalue weighted by Gasteiger charge is 2.32. The quantitative estimate of drug-likeness (QED) is 0.278. The van der Waals surface area contributed by atoms with E-state index in [9.17, 15) is 9.59 Å². The van der Waals surface area contributed by atoms with Crippen LogP contribution < -0.4 is 22.5 Å². The van der Waals surface area contributed by atoms with Gasteiger partial charge in [0.1, 0.15) is 5.84 Å². The van der Waals surface area contributed by atoms with Crippen LogP contribution in [-0.2, 0) is 9.59 Å². The number of fused-ring (bicyclic) bond motifs is 1. The Morgan fingerprint density at radius 1 is 1.21 bits per heavy atom. The molecule has 9 heteroatoms. The molecule has 204 valence electrons. The number of carbonyl (C=O) groups is 2. The summed E-state index contributed by atoms with van der Waals surface area (Å²) in [4.78, 5) is 30.6. The third-order valence-electron chi connectivity index (χ3n) is 7.39. The molecule has 1 aromatic carbocycles. The molecule has 0 aromatic heterocycles. The summed E-state index contributed by atoms with van der Waals surface area (Å²) in [7, 11) is 0. The maximum Gasteiger partial charge on any atom is 0.278 e. The lowest BCUT2D eigenvalue weighted by Crippen LogP contribution is -2.35. The Kier molecular flexibility index (Phi) is 8.64. The average molecular weight is 567 g/mol. The van der Waals surface area contributed by atoms with Gasteiger partial charge in [0.05, 0.1) is 16.0 Å². The summed E-state index contributed by atoms with van der Waals surface area (Å²) in [5.41, 5.74) is 20.8. The fourth-order valence-electron chi connectivity index (χ4n) is 5.05. The van der Waals surface area contributed by atoms with E-state index in [1.807, 2.05) is 31.2 Å². The van der Waals surface area contributed by atoms with E-state index < -0.39 is 11.8 Å². The lowest BCUT2D eigenvalue weighted by atomic mass is 9.70. The van der Waals surface area contributed by atoms with Crippen LogP contribution in [0.2, 0.25) is 10.0 Å². The number of benzene rings is 1. The van der Waals surface area contributed by atoms with Crippen molar-refractivity contribution in [2.24, 2.45) is 39.4 Å². The monoisotopic (exact) mass is 565 g/mol. The van der Waals surface area contributed by atoms with E-state index >= 15 is 0 Å². The van der Waals surface area contributed by atoms with Gasteiger partial charge in [0, 0.05) is 39.8 Å². The summed E-state index contributed by atoms with van der Waals surface area (Å²) in [5.74, 6) is -1.12. The molecule has 0 saturated heterocycles. The summed E-state index contributed by atoms with van der Waals surface area (Å²) >= 11 is 12.2. The fraction of sp³-hybridized carbons (Fsp3) is 0.300. The minimum absolute atomic E-state index is 0.000186. The van der Waals surface area contributed by atoms with Gasteiger partial charge in [-0.3, -0.25) is 9.59 Å². The van der Waals surface area contributed by atoms with Gasteiger partial charge in [-0.1, -0.05) is 85.6 Å². The smallest absolute Gasteiger partial charge is 0.278 e. The number of nitrogens with two attached hydrogens (primary N) is 3. The second kappa shape index (κ2) is 11.8. The Balaban J connectivity index is 1.55. The van der Waals surface area contributed by atoms with E-state index in [1.165, 1.54) is 0 Å². The number of amidine groups is 1. The minimum atomic E-state index is -0.531. The summed E-state index contributed by atoms with van der Waals surface area (Å²) in [6, 6.07) is 5.11. The lowest BCUT2D eigenvalue weighted by Gasteiger charge is -2.33. The van der Waals surface area contributed by atoms with Gasteiger partial charge in [-0.2, -0.15) is 4.99 Å². The van der Waals surface area contributed by atoms with Crippen LogP contribution in [0.15, 0.2) is 94.3 Å². The van der Waals surface area contributed by atoms with Crippen molar-refractivity contribution in [3.63, 3.8) is 0 Å². The highest BCUT2D eigenvalue weighted by Crippen LogP contribution is 2.40. The normalized spacial score (nSPS) is 25.1. The number of rotatable bonds is 7. The van der Waals surface area contributed by atoms with Gasteiger partial charge in [0.2, 0.25) is 5.91 Å². The number of amides is 2. The minimum Gasteiger partial charge on any atom is -0.401 e.